The summed E-state index contributed by atoms with van der Waals surface area (Å²) in [6.07, 6.45) is 0. The lowest BCUT2D eigenvalue weighted by molar-refractivity contribution is 0.157. The van der Waals surface area contributed by atoms with E-state index < -0.39 is 0 Å². The van der Waals surface area contributed by atoms with Crippen LogP contribution in [0.2, 0.25) is 5.02 Å². The highest BCUT2D eigenvalue weighted by Gasteiger charge is 2.32. The van der Waals surface area contributed by atoms with Crippen molar-refractivity contribution in [2.45, 2.75) is 13.0 Å². The van der Waals surface area contributed by atoms with Gasteiger partial charge in [0.25, 0.3) is 0 Å². The Kier molecular flexibility index (Phi) is 4.15. The normalized spacial score (nSPS) is 17.7. The number of hydrogen-bond donors (Lipinski definition) is 1. The molecule has 3 nitrogen and oxygen atoms in total. The lowest BCUT2D eigenvalue weighted by Crippen LogP contribution is -2.48. The molecule has 0 spiro atoms. The zero-order valence-electron chi connectivity index (χ0n) is 11.5. The number of ether oxygens (including phenoxy) is 1. The summed E-state index contributed by atoms with van der Waals surface area (Å²) < 4.78 is 5.53. The first-order valence-corrected chi connectivity index (χ1v) is 6.63. The Morgan fingerprint density at radius 1 is 1.39 bits per heavy atom. The van der Waals surface area contributed by atoms with Gasteiger partial charge in [-0.3, -0.25) is 0 Å². The largest absolute Gasteiger partial charge is 0.496 e. The molecule has 0 amide bonds. The number of nitrogens with one attached hydrogen (secondary N) is 1. The Balaban J connectivity index is 2.42. The summed E-state index contributed by atoms with van der Waals surface area (Å²) in [6.45, 7) is 4.11. The first kappa shape index (κ1) is 13.7. The van der Waals surface area contributed by atoms with Gasteiger partial charge in [-0.1, -0.05) is 11.6 Å². The van der Waals surface area contributed by atoms with Crippen molar-refractivity contribution in [1.82, 2.24) is 10.2 Å². The third-order valence-electron chi connectivity index (χ3n) is 3.65. The molecule has 1 N–H and O–H groups in total. The lowest BCUT2D eigenvalue weighted by Gasteiger charge is -2.39. The zero-order valence-corrected chi connectivity index (χ0v) is 12.2. The van der Waals surface area contributed by atoms with Crippen LogP contribution in [-0.4, -0.2) is 39.2 Å². The second-order valence-electron chi connectivity index (χ2n) is 5.17. The van der Waals surface area contributed by atoms with E-state index in [1.54, 1.807) is 7.11 Å². The molecule has 1 atom stereocenters. The molecule has 1 unspecified atom stereocenters. The van der Waals surface area contributed by atoms with Gasteiger partial charge in [0, 0.05) is 35.6 Å². The van der Waals surface area contributed by atoms with Gasteiger partial charge in [-0.05, 0) is 38.7 Å². The molecule has 1 aromatic rings. The van der Waals surface area contributed by atoms with Crippen LogP contribution in [0.25, 0.3) is 0 Å². The van der Waals surface area contributed by atoms with Gasteiger partial charge in [-0.2, -0.15) is 0 Å². The molecule has 0 saturated carbocycles. The zero-order chi connectivity index (χ0) is 13.3. The minimum atomic E-state index is 0.347. The van der Waals surface area contributed by atoms with Gasteiger partial charge in [0.2, 0.25) is 0 Å². The molecule has 18 heavy (non-hydrogen) atoms. The van der Waals surface area contributed by atoms with Gasteiger partial charge in [0.1, 0.15) is 5.75 Å². The summed E-state index contributed by atoms with van der Waals surface area (Å²) in [7, 11) is 5.93. The minimum absolute atomic E-state index is 0.347. The molecule has 100 valence electrons. The fraction of sp³-hybridized carbons (Fsp3) is 0.571. The second kappa shape index (κ2) is 5.47. The van der Waals surface area contributed by atoms with Gasteiger partial charge in [0.15, 0.2) is 0 Å². The first-order valence-electron chi connectivity index (χ1n) is 6.25. The summed E-state index contributed by atoms with van der Waals surface area (Å²) in [5.41, 5.74) is 2.24. The third kappa shape index (κ3) is 2.48. The van der Waals surface area contributed by atoms with Crippen LogP contribution in [0.1, 0.15) is 17.2 Å². The smallest absolute Gasteiger partial charge is 0.124 e. The number of hydrogen-bond acceptors (Lipinski definition) is 3. The Morgan fingerprint density at radius 2 is 2.06 bits per heavy atom. The third-order valence-corrected chi connectivity index (χ3v) is 4.05. The monoisotopic (exact) mass is 268 g/mol. The van der Waals surface area contributed by atoms with Crippen LogP contribution in [0, 0.1) is 12.8 Å². The lowest BCUT2D eigenvalue weighted by atomic mass is 9.87. The van der Waals surface area contributed by atoms with Crippen molar-refractivity contribution in [1.29, 1.82) is 0 Å². The highest BCUT2D eigenvalue weighted by molar-refractivity contribution is 6.31. The van der Waals surface area contributed by atoms with Gasteiger partial charge >= 0.3 is 0 Å². The van der Waals surface area contributed by atoms with E-state index in [0.717, 1.165) is 29.4 Å². The van der Waals surface area contributed by atoms with Gasteiger partial charge < -0.3 is 15.0 Å². The Bertz CT molecular complexity index is 430. The quantitative estimate of drug-likeness (QED) is 0.908. The molecular formula is C14H21ClN2O. The molecule has 1 heterocycles. The van der Waals surface area contributed by atoms with E-state index in [4.69, 9.17) is 16.3 Å². The van der Waals surface area contributed by atoms with Crippen LogP contribution in [-0.2, 0) is 0 Å². The number of rotatable bonds is 4. The highest BCUT2D eigenvalue weighted by Crippen LogP contribution is 2.38. The minimum Gasteiger partial charge on any atom is -0.496 e. The van der Waals surface area contributed by atoms with Crippen molar-refractivity contribution in [2.24, 2.45) is 5.92 Å². The molecule has 1 aromatic carbocycles. The van der Waals surface area contributed by atoms with E-state index in [9.17, 15) is 0 Å². The molecule has 0 aromatic heterocycles. The molecular weight excluding hydrogens is 248 g/mol. The number of halogens is 1. The molecule has 4 heteroatoms. The molecule has 0 bridgehead atoms. The predicted molar refractivity (Wildman–Crippen MR) is 75.5 cm³/mol. The maximum atomic E-state index is 6.27. The molecule has 1 fully saturated rings. The summed E-state index contributed by atoms with van der Waals surface area (Å²) in [4.78, 5) is 2.25. The van der Waals surface area contributed by atoms with E-state index in [2.05, 4.69) is 30.4 Å². The van der Waals surface area contributed by atoms with E-state index in [1.165, 1.54) is 5.56 Å². The fourth-order valence-electron chi connectivity index (χ4n) is 2.57. The summed E-state index contributed by atoms with van der Waals surface area (Å²) in [5, 5.41) is 4.14. The number of aryl methyl sites for hydroxylation is 1. The molecule has 1 aliphatic rings. The van der Waals surface area contributed by atoms with Crippen molar-refractivity contribution in [3.63, 3.8) is 0 Å². The molecule has 0 aliphatic carbocycles. The van der Waals surface area contributed by atoms with Crippen LogP contribution >= 0.6 is 11.6 Å². The van der Waals surface area contributed by atoms with E-state index >= 15 is 0 Å². The van der Waals surface area contributed by atoms with Crippen molar-refractivity contribution in [3.8, 4) is 5.75 Å². The Hall–Kier alpha value is -0.770. The van der Waals surface area contributed by atoms with Crippen molar-refractivity contribution < 1.29 is 4.74 Å². The highest BCUT2D eigenvalue weighted by atomic mass is 35.5. The molecule has 1 saturated heterocycles. The summed E-state index contributed by atoms with van der Waals surface area (Å²) in [5.74, 6) is 1.55. The molecule has 1 aliphatic heterocycles. The van der Waals surface area contributed by atoms with Crippen LogP contribution in [0.5, 0.6) is 5.75 Å². The van der Waals surface area contributed by atoms with E-state index in [-0.39, 0.29) is 0 Å². The maximum Gasteiger partial charge on any atom is 0.124 e. The Labute approximate surface area is 114 Å². The standard InChI is InChI=1S/C14H21ClN2O/c1-9-5-13(18-4)11(6-12(9)15)14(17(2)3)10-7-16-8-10/h5-6,10,14,16H,7-8H2,1-4H3. The van der Waals surface area contributed by atoms with Crippen LogP contribution in [0.15, 0.2) is 12.1 Å². The van der Waals surface area contributed by atoms with Crippen molar-refractivity contribution in [3.05, 3.63) is 28.3 Å². The molecule has 2 rings (SSSR count). The summed E-state index contributed by atoms with van der Waals surface area (Å²) >= 11 is 6.27. The molecule has 0 radical (unpaired) electrons. The summed E-state index contributed by atoms with van der Waals surface area (Å²) in [6, 6.07) is 4.43. The van der Waals surface area contributed by atoms with Crippen LogP contribution < -0.4 is 10.1 Å². The topological polar surface area (TPSA) is 24.5 Å². The van der Waals surface area contributed by atoms with Crippen molar-refractivity contribution >= 4 is 11.6 Å². The SMILES string of the molecule is COc1cc(C)c(Cl)cc1C(C1CNC1)N(C)C. The number of benzene rings is 1. The van der Waals surface area contributed by atoms with Gasteiger partial charge in [0.05, 0.1) is 7.11 Å². The van der Waals surface area contributed by atoms with E-state index in [0.29, 0.717) is 12.0 Å². The maximum absolute atomic E-state index is 6.27. The predicted octanol–water partition coefficient (Wildman–Crippen LogP) is 2.48. The second-order valence-corrected chi connectivity index (χ2v) is 5.58. The average Bonchev–Trinajstić information content (AvgIpc) is 2.26. The van der Waals surface area contributed by atoms with Gasteiger partial charge in [-0.15, -0.1) is 0 Å². The number of nitrogens with zero attached hydrogens (tertiary/aromatic N) is 1. The Morgan fingerprint density at radius 3 is 2.50 bits per heavy atom. The first-order chi connectivity index (χ1) is 8.54. The average molecular weight is 269 g/mol. The van der Waals surface area contributed by atoms with Crippen LogP contribution in [0.4, 0.5) is 0 Å². The van der Waals surface area contributed by atoms with Gasteiger partial charge in [-0.25, -0.2) is 0 Å². The fourth-order valence-corrected chi connectivity index (χ4v) is 2.74. The van der Waals surface area contributed by atoms with E-state index in [1.807, 2.05) is 13.0 Å². The van der Waals surface area contributed by atoms with Crippen LogP contribution in [0.3, 0.4) is 0 Å². The van der Waals surface area contributed by atoms with Crippen molar-refractivity contribution in [2.75, 3.05) is 34.3 Å². The number of methoxy groups -OCH3 is 1.